The number of carbonyl (C=O) groups excluding carboxylic acids is 1. The molecule has 0 spiro atoms. The SMILES string of the molecule is Cc1ccc(S(=O)(=O)n2ncc3cc(C[C@@H](CO)NC(=O)OC(C)(C)C)ccc32)cc1C. The molecule has 9 heteroatoms. The Hall–Kier alpha value is -2.91. The highest BCUT2D eigenvalue weighted by atomic mass is 32.2. The fourth-order valence-electron chi connectivity index (χ4n) is 3.27. The predicted octanol–water partition coefficient (Wildman–Crippen LogP) is 3.32. The van der Waals surface area contributed by atoms with Gasteiger partial charge in [0.05, 0.1) is 29.3 Å². The van der Waals surface area contributed by atoms with Gasteiger partial charge < -0.3 is 15.2 Å². The number of alkyl carbamates (subject to hydrolysis) is 1. The Labute approximate surface area is 188 Å². The molecule has 172 valence electrons. The van der Waals surface area contributed by atoms with Crippen molar-refractivity contribution in [3.05, 3.63) is 59.3 Å². The molecule has 0 aliphatic rings. The molecule has 1 amide bonds. The van der Waals surface area contributed by atoms with Crippen molar-refractivity contribution >= 4 is 27.0 Å². The molecule has 8 nitrogen and oxygen atoms in total. The molecule has 0 saturated heterocycles. The van der Waals surface area contributed by atoms with E-state index < -0.39 is 27.8 Å². The summed E-state index contributed by atoms with van der Waals surface area (Å²) >= 11 is 0. The normalized spacial score (nSPS) is 13.2. The fourth-order valence-corrected chi connectivity index (χ4v) is 4.63. The van der Waals surface area contributed by atoms with Gasteiger partial charge in [-0.05, 0) is 82.0 Å². The number of hydrogen-bond acceptors (Lipinski definition) is 6. The second kappa shape index (κ2) is 8.91. The van der Waals surface area contributed by atoms with Crippen LogP contribution >= 0.6 is 0 Å². The minimum atomic E-state index is -3.84. The van der Waals surface area contributed by atoms with E-state index in [-0.39, 0.29) is 11.5 Å². The standard InChI is InChI=1S/C23H29N3O5S/c1-15-6-8-20(10-16(15)2)32(29,30)26-21-9-7-17(11-18(21)13-24-26)12-19(14-27)25-22(28)31-23(3,4)5/h6-11,13,19,27H,12,14H2,1-5H3,(H,25,28)/t19-/m0/s1. The van der Waals surface area contributed by atoms with Gasteiger partial charge >= 0.3 is 6.09 Å². The molecule has 1 aromatic heterocycles. The number of amides is 1. The molecular formula is C23H29N3O5S. The van der Waals surface area contributed by atoms with Crippen LogP contribution in [-0.4, -0.2) is 47.1 Å². The van der Waals surface area contributed by atoms with Crippen LogP contribution in [0, 0.1) is 13.8 Å². The Bertz CT molecular complexity index is 1240. The van der Waals surface area contributed by atoms with Gasteiger partial charge in [-0.2, -0.15) is 17.6 Å². The highest BCUT2D eigenvalue weighted by Gasteiger charge is 2.22. The van der Waals surface area contributed by atoms with Gasteiger partial charge in [0, 0.05) is 5.39 Å². The third kappa shape index (κ3) is 5.28. The lowest BCUT2D eigenvalue weighted by Gasteiger charge is -2.22. The van der Waals surface area contributed by atoms with E-state index in [4.69, 9.17) is 4.74 Å². The lowest BCUT2D eigenvalue weighted by molar-refractivity contribution is 0.0483. The maximum atomic E-state index is 13.1. The highest BCUT2D eigenvalue weighted by molar-refractivity contribution is 7.90. The molecule has 0 aliphatic heterocycles. The number of aliphatic hydroxyl groups is 1. The Morgan fingerprint density at radius 3 is 2.50 bits per heavy atom. The van der Waals surface area contributed by atoms with Crippen molar-refractivity contribution in [3.8, 4) is 0 Å². The molecule has 1 heterocycles. The molecule has 0 saturated carbocycles. The number of fused-ring (bicyclic) bond motifs is 1. The molecule has 0 aliphatic carbocycles. The van der Waals surface area contributed by atoms with Crippen molar-refractivity contribution in [1.29, 1.82) is 0 Å². The molecule has 0 unspecified atom stereocenters. The van der Waals surface area contributed by atoms with Crippen molar-refractivity contribution in [3.63, 3.8) is 0 Å². The van der Waals surface area contributed by atoms with E-state index in [1.54, 1.807) is 57.2 Å². The van der Waals surface area contributed by atoms with E-state index in [9.17, 15) is 18.3 Å². The topological polar surface area (TPSA) is 111 Å². The van der Waals surface area contributed by atoms with E-state index >= 15 is 0 Å². The fraction of sp³-hybridized carbons (Fsp3) is 0.391. The number of aliphatic hydroxyl groups excluding tert-OH is 1. The summed E-state index contributed by atoms with van der Waals surface area (Å²) in [5.41, 5.74) is 2.53. The van der Waals surface area contributed by atoms with Crippen LogP contribution in [0.5, 0.6) is 0 Å². The average molecular weight is 460 g/mol. The average Bonchev–Trinajstić information content (AvgIpc) is 3.12. The van der Waals surface area contributed by atoms with Gasteiger partial charge in [0.25, 0.3) is 10.0 Å². The van der Waals surface area contributed by atoms with Crippen LogP contribution in [0.15, 0.2) is 47.5 Å². The summed E-state index contributed by atoms with van der Waals surface area (Å²) in [4.78, 5) is 12.2. The largest absolute Gasteiger partial charge is 0.444 e. The van der Waals surface area contributed by atoms with Gasteiger partial charge in [-0.25, -0.2) is 4.79 Å². The zero-order valence-corrected chi connectivity index (χ0v) is 19.7. The lowest BCUT2D eigenvalue weighted by Crippen LogP contribution is -2.42. The first-order valence-corrected chi connectivity index (χ1v) is 11.7. The van der Waals surface area contributed by atoms with Crippen molar-refractivity contribution in [2.24, 2.45) is 0 Å². The van der Waals surface area contributed by atoms with Crippen molar-refractivity contribution in [2.45, 2.75) is 57.6 Å². The number of aromatic nitrogens is 2. The maximum absolute atomic E-state index is 13.1. The van der Waals surface area contributed by atoms with Crippen LogP contribution in [-0.2, 0) is 21.2 Å². The van der Waals surface area contributed by atoms with E-state index in [0.717, 1.165) is 20.8 Å². The molecule has 2 aromatic carbocycles. The Morgan fingerprint density at radius 1 is 1.16 bits per heavy atom. The highest BCUT2D eigenvalue weighted by Crippen LogP contribution is 2.23. The quantitative estimate of drug-likeness (QED) is 0.585. The summed E-state index contributed by atoms with van der Waals surface area (Å²) in [6.45, 7) is 8.81. The van der Waals surface area contributed by atoms with Crippen LogP contribution in [0.2, 0.25) is 0 Å². The Balaban J connectivity index is 1.84. The van der Waals surface area contributed by atoms with E-state index in [2.05, 4.69) is 10.4 Å². The zero-order chi connectivity index (χ0) is 23.7. The third-order valence-electron chi connectivity index (χ3n) is 5.03. The van der Waals surface area contributed by atoms with Crippen LogP contribution in [0.3, 0.4) is 0 Å². The molecule has 1 atom stereocenters. The lowest BCUT2D eigenvalue weighted by atomic mass is 10.0. The first-order chi connectivity index (χ1) is 14.9. The van der Waals surface area contributed by atoms with E-state index in [0.29, 0.717) is 17.3 Å². The summed E-state index contributed by atoms with van der Waals surface area (Å²) in [6, 6.07) is 9.69. The number of nitrogens with zero attached hydrogens (tertiary/aromatic N) is 2. The second-order valence-corrected chi connectivity index (χ2v) is 10.6. The molecule has 3 aromatic rings. The molecule has 3 rings (SSSR count). The minimum Gasteiger partial charge on any atom is -0.444 e. The Morgan fingerprint density at radius 2 is 1.88 bits per heavy atom. The monoisotopic (exact) mass is 459 g/mol. The zero-order valence-electron chi connectivity index (χ0n) is 18.9. The molecule has 2 N–H and O–H groups in total. The van der Waals surface area contributed by atoms with E-state index in [1.807, 2.05) is 13.8 Å². The first-order valence-electron chi connectivity index (χ1n) is 10.3. The van der Waals surface area contributed by atoms with Crippen molar-refractivity contribution < 1.29 is 23.1 Å². The predicted molar refractivity (Wildman–Crippen MR) is 122 cm³/mol. The van der Waals surface area contributed by atoms with Crippen LogP contribution < -0.4 is 5.32 Å². The number of nitrogens with one attached hydrogen (secondary N) is 1. The maximum Gasteiger partial charge on any atom is 0.407 e. The van der Waals surface area contributed by atoms with Gasteiger partial charge in [0.2, 0.25) is 0 Å². The molecule has 0 bridgehead atoms. The minimum absolute atomic E-state index is 0.177. The van der Waals surface area contributed by atoms with Gasteiger partial charge in [-0.1, -0.05) is 12.1 Å². The molecule has 0 radical (unpaired) electrons. The number of hydrogen-bond donors (Lipinski definition) is 2. The molecule has 0 fully saturated rings. The number of rotatable bonds is 6. The number of carbonyl (C=O) groups is 1. The van der Waals surface area contributed by atoms with Crippen LogP contribution in [0.1, 0.15) is 37.5 Å². The van der Waals surface area contributed by atoms with Gasteiger partial charge in [-0.15, -0.1) is 0 Å². The number of aryl methyl sites for hydroxylation is 2. The number of benzene rings is 2. The Kier molecular flexibility index (Phi) is 6.61. The smallest absolute Gasteiger partial charge is 0.407 e. The van der Waals surface area contributed by atoms with Crippen LogP contribution in [0.25, 0.3) is 10.9 Å². The molecule has 32 heavy (non-hydrogen) atoms. The summed E-state index contributed by atoms with van der Waals surface area (Å²) < 4.78 is 32.5. The molecular weight excluding hydrogens is 430 g/mol. The third-order valence-corrected chi connectivity index (χ3v) is 6.62. The van der Waals surface area contributed by atoms with Crippen molar-refractivity contribution in [2.75, 3.05) is 6.61 Å². The van der Waals surface area contributed by atoms with Gasteiger partial charge in [0.1, 0.15) is 5.60 Å². The summed E-state index contributed by atoms with van der Waals surface area (Å²) in [5.74, 6) is 0. The summed E-state index contributed by atoms with van der Waals surface area (Å²) in [7, 11) is -3.84. The number of ether oxygens (including phenoxy) is 1. The summed E-state index contributed by atoms with van der Waals surface area (Å²) in [5, 5.41) is 17.1. The second-order valence-electron chi connectivity index (χ2n) is 8.86. The van der Waals surface area contributed by atoms with Crippen molar-refractivity contribution in [1.82, 2.24) is 14.5 Å². The van der Waals surface area contributed by atoms with Crippen LogP contribution in [0.4, 0.5) is 4.79 Å². The van der Waals surface area contributed by atoms with E-state index in [1.165, 1.54) is 6.20 Å². The van der Waals surface area contributed by atoms with Gasteiger partial charge in [-0.3, -0.25) is 0 Å². The van der Waals surface area contributed by atoms with Gasteiger partial charge in [0.15, 0.2) is 0 Å². The summed E-state index contributed by atoms with van der Waals surface area (Å²) in [6.07, 6.45) is 1.23. The first kappa shape index (κ1) is 23.7.